The zero-order valence-corrected chi connectivity index (χ0v) is 8.49. The Kier molecular flexibility index (Phi) is 3.88. The first-order valence-corrected chi connectivity index (χ1v) is 5.49. The third kappa shape index (κ3) is 2.38. The van der Waals surface area contributed by atoms with Crippen LogP contribution in [0.2, 0.25) is 0 Å². The van der Waals surface area contributed by atoms with Crippen molar-refractivity contribution in [3.63, 3.8) is 0 Å². The number of hydrogen-bond acceptors (Lipinski definition) is 3. The molecular formula is C8H16N2OS. The first-order valence-electron chi connectivity index (χ1n) is 4.33. The van der Waals surface area contributed by atoms with Gasteiger partial charge in [-0.3, -0.25) is 10.1 Å². The molecular weight excluding hydrogens is 172 g/mol. The second-order valence-corrected chi connectivity index (χ2v) is 4.28. The summed E-state index contributed by atoms with van der Waals surface area (Å²) in [7, 11) is 0. The molecule has 1 amide bonds. The topological polar surface area (TPSA) is 32.3 Å². The van der Waals surface area contributed by atoms with Crippen molar-refractivity contribution in [2.24, 2.45) is 0 Å². The number of carbonyl (C=O) groups excluding carboxylic acids is 1. The van der Waals surface area contributed by atoms with Crippen LogP contribution in [-0.4, -0.2) is 41.6 Å². The summed E-state index contributed by atoms with van der Waals surface area (Å²) in [6, 6.07) is 0.373. The van der Waals surface area contributed by atoms with Crippen molar-refractivity contribution in [2.75, 3.05) is 24.7 Å². The van der Waals surface area contributed by atoms with Gasteiger partial charge >= 0.3 is 0 Å². The predicted molar refractivity (Wildman–Crippen MR) is 52.2 cm³/mol. The minimum atomic E-state index is 0.235. The van der Waals surface area contributed by atoms with Crippen molar-refractivity contribution in [3.8, 4) is 0 Å². The molecule has 12 heavy (non-hydrogen) atoms. The summed E-state index contributed by atoms with van der Waals surface area (Å²) in [5, 5.41) is 3.05. The Bertz CT molecular complexity index is 163. The minimum Gasteiger partial charge on any atom is -0.325 e. The molecule has 1 fully saturated rings. The second kappa shape index (κ2) is 4.72. The number of amides is 1. The van der Waals surface area contributed by atoms with Crippen molar-refractivity contribution in [1.29, 1.82) is 0 Å². The van der Waals surface area contributed by atoms with Gasteiger partial charge in [0.1, 0.15) is 0 Å². The second-order valence-electron chi connectivity index (χ2n) is 2.96. The van der Waals surface area contributed by atoms with Gasteiger partial charge in [-0.15, -0.1) is 0 Å². The van der Waals surface area contributed by atoms with Crippen LogP contribution in [0.4, 0.5) is 0 Å². The van der Waals surface area contributed by atoms with Crippen molar-refractivity contribution < 1.29 is 4.79 Å². The maximum Gasteiger partial charge on any atom is 0.237 e. The lowest BCUT2D eigenvalue weighted by molar-refractivity contribution is -0.127. The van der Waals surface area contributed by atoms with E-state index in [0.717, 1.165) is 18.2 Å². The van der Waals surface area contributed by atoms with Crippen molar-refractivity contribution in [2.45, 2.75) is 19.9 Å². The third-order valence-corrected chi connectivity index (χ3v) is 3.10. The van der Waals surface area contributed by atoms with E-state index >= 15 is 0 Å². The summed E-state index contributed by atoms with van der Waals surface area (Å²) in [6.07, 6.45) is 0. The Morgan fingerprint density at radius 1 is 1.75 bits per heavy atom. The van der Waals surface area contributed by atoms with E-state index in [2.05, 4.69) is 19.2 Å². The summed E-state index contributed by atoms with van der Waals surface area (Å²) in [4.78, 5) is 13.1. The van der Waals surface area contributed by atoms with E-state index in [4.69, 9.17) is 0 Å². The van der Waals surface area contributed by atoms with Crippen LogP contribution in [0, 0.1) is 0 Å². The highest BCUT2D eigenvalue weighted by Crippen LogP contribution is 2.09. The number of rotatable bonds is 4. The molecule has 1 heterocycles. The molecule has 1 N–H and O–H groups in total. The molecule has 3 nitrogen and oxygen atoms in total. The zero-order chi connectivity index (χ0) is 8.97. The number of hydrogen-bond donors (Lipinski definition) is 1. The SMILES string of the molecule is CCSCC(C)N1CNCC1=O. The molecule has 0 aromatic heterocycles. The maximum absolute atomic E-state index is 11.2. The standard InChI is InChI=1S/C8H16N2OS/c1-3-12-5-7(2)10-6-9-4-8(10)11/h7,9H,3-6H2,1-2H3. The van der Waals surface area contributed by atoms with Crippen molar-refractivity contribution in [1.82, 2.24) is 10.2 Å². The van der Waals surface area contributed by atoms with Crippen LogP contribution in [0.5, 0.6) is 0 Å². The Hall–Kier alpha value is -0.220. The fourth-order valence-corrected chi connectivity index (χ4v) is 2.01. The Labute approximate surface area is 77.9 Å². The van der Waals surface area contributed by atoms with E-state index in [1.165, 1.54) is 0 Å². The highest BCUT2D eigenvalue weighted by molar-refractivity contribution is 7.99. The largest absolute Gasteiger partial charge is 0.325 e. The lowest BCUT2D eigenvalue weighted by atomic mass is 10.3. The monoisotopic (exact) mass is 188 g/mol. The molecule has 0 aliphatic carbocycles. The first-order chi connectivity index (χ1) is 5.75. The number of thioether (sulfide) groups is 1. The van der Waals surface area contributed by atoms with Gasteiger partial charge in [-0.25, -0.2) is 0 Å². The van der Waals surface area contributed by atoms with E-state index in [0.29, 0.717) is 12.6 Å². The molecule has 1 aliphatic rings. The Morgan fingerprint density at radius 2 is 2.50 bits per heavy atom. The molecule has 1 rings (SSSR count). The summed E-state index contributed by atoms with van der Waals surface area (Å²) >= 11 is 1.88. The Morgan fingerprint density at radius 3 is 3.00 bits per heavy atom. The average Bonchev–Trinajstić information content (AvgIpc) is 2.47. The molecule has 0 aromatic carbocycles. The van der Waals surface area contributed by atoms with Gasteiger partial charge in [0.2, 0.25) is 5.91 Å². The number of carbonyl (C=O) groups is 1. The van der Waals surface area contributed by atoms with Gasteiger partial charge in [-0.2, -0.15) is 11.8 Å². The van der Waals surface area contributed by atoms with Crippen LogP contribution in [0.3, 0.4) is 0 Å². The van der Waals surface area contributed by atoms with Gasteiger partial charge in [0.05, 0.1) is 13.2 Å². The molecule has 0 saturated carbocycles. The normalized spacial score (nSPS) is 20.2. The van der Waals surface area contributed by atoms with E-state index < -0.39 is 0 Å². The van der Waals surface area contributed by atoms with E-state index in [-0.39, 0.29) is 5.91 Å². The highest BCUT2D eigenvalue weighted by atomic mass is 32.2. The van der Waals surface area contributed by atoms with Gasteiger partial charge in [-0.05, 0) is 12.7 Å². The van der Waals surface area contributed by atoms with Crippen LogP contribution in [0.25, 0.3) is 0 Å². The zero-order valence-electron chi connectivity index (χ0n) is 7.67. The van der Waals surface area contributed by atoms with Gasteiger partial charge < -0.3 is 4.90 Å². The molecule has 0 spiro atoms. The molecule has 0 radical (unpaired) electrons. The molecule has 70 valence electrons. The number of nitrogens with zero attached hydrogens (tertiary/aromatic N) is 1. The molecule has 1 aliphatic heterocycles. The van der Waals surface area contributed by atoms with Crippen molar-refractivity contribution in [3.05, 3.63) is 0 Å². The van der Waals surface area contributed by atoms with Gasteiger partial charge in [0.15, 0.2) is 0 Å². The van der Waals surface area contributed by atoms with Gasteiger partial charge in [0.25, 0.3) is 0 Å². The fraction of sp³-hybridized carbons (Fsp3) is 0.875. The van der Waals surface area contributed by atoms with E-state index in [1.807, 2.05) is 16.7 Å². The summed E-state index contributed by atoms with van der Waals surface area (Å²) < 4.78 is 0. The van der Waals surface area contributed by atoms with Crippen molar-refractivity contribution >= 4 is 17.7 Å². The lowest BCUT2D eigenvalue weighted by Crippen LogP contribution is -2.36. The first kappa shape index (κ1) is 9.86. The average molecular weight is 188 g/mol. The van der Waals surface area contributed by atoms with E-state index in [9.17, 15) is 4.79 Å². The smallest absolute Gasteiger partial charge is 0.237 e. The molecule has 0 aromatic rings. The lowest BCUT2D eigenvalue weighted by Gasteiger charge is -2.22. The molecule has 1 unspecified atom stereocenters. The molecule has 4 heteroatoms. The Balaban J connectivity index is 2.30. The highest BCUT2D eigenvalue weighted by Gasteiger charge is 2.23. The quantitative estimate of drug-likeness (QED) is 0.698. The van der Waals surface area contributed by atoms with Gasteiger partial charge in [0, 0.05) is 11.8 Å². The minimum absolute atomic E-state index is 0.235. The fourth-order valence-electron chi connectivity index (χ4n) is 1.25. The van der Waals surface area contributed by atoms with Crippen LogP contribution < -0.4 is 5.32 Å². The van der Waals surface area contributed by atoms with Gasteiger partial charge in [-0.1, -0.05) is 6.92 Å². The van der Waals surface area contributed by atoms with Crippen LogP contribution in [0.1, 0.15) is 13.8 Å². The summed E-state index contributed by atoms with van der Waals surface area (Å²) in [5.74, 6) is 2.41. The summed E-state index contributed by atoms with van der Waals surface area (Å²) in [5.41, 5.74) is 0. The van der Waals surface area contributed by atoms with Crippen LogP contribution in [0.15, 0.2) is 0 Å². The number of nitrogens with one attached hydrogen (secondary N) is 1. The van der Waals surface area contributed by atoms with Crippen LogP contribution in [-0.2, 0) is 4.79 Å². The molecule has 1 atom stereocenters. The van der Waals surface area contributed by atoms with Crippen LogP contribution >= 0.6 is 11.8 Å². The molecule has 0 bridgehead atoms. The summed E-state index contributed by atoms with van der Waals surface area (Å²) in [6.45, 7) is 5.49. The third-order valence-electron chi connectivity index (χ3n) is 1.97. The predicted octanol–water partition coefficient (Wildman–Crippen LogP) is 0.517. The van der Waals surface area contributed by atoms with E-state index in [1.54, 1.807) is 0 Å². The maximum atomic E-state index is 11.2. The molecule has 1 saturated heterocycles.